The molecule has 13 heavy (non-hydrogen) atoms. The van der Waals surface area contributed by atoms with Crippen molar-refractivity contribution in [3.05, 3.63) is 35.4 Å². The summed E-state index contributed by atoms with van der Waals surface area (Å²) >= 11 is 5.94. The molecule has 0 heterocycles. The predicted molar refractivity (Wildman–Crippen MR) is 59.8 cm³/mol. The molecular formula is C12H17Cl. The number of hydrogen-bond donors (Lipinski definition) is 0. The Bertz CT molecular complexity index is 269. The second-order valence-electron chi connectivity index (χ2n) is 4.27. The topological polar surface area (TPSA) is 0 Å². The minimum atomic E-state index is 0.449. The van der Waals surface area contributed by atoms with Gasteiger partial charge in [-0.1, -0.05) is 44.2 Å². The van der Waals surface area contributed by atoms with Crippen LogP contribution in [0.15, 0.2) is 35.4 Å². The lowest BCUT2D eigenvalue weighted by Gasteiger charge is -2.03. The van der Waals surface area contributed by atoms with E-state index in [1.807, 2.05) is 25.2 Å². The molecule has 0 aromatic carbocycles. The molecule has 1 aliphatic carbocycles. The molecule has 1 aliphatic rings. The van der Waals surface area contributed by atoms with Gasteiger partial charge in [-0.25, -0.2) is 0 Å². The highest BCUT2D eigenvalue weighted by atomic mass is 35.5. The van der Waals surface area contributed by atoms with Crippen LogP contribution in [0, 0.1) is 11.3 Å². The van der Waals surface area contributed by atoms with E-state index in [1.54, 1.807) is 0 Å². The molecule has 0 aromatic rings. The lowest BCUT2D eigenvalue weighted by Crippen LogP contribution is -1.92. The zero-order chi connectivity index (χ0) is 10.1. The summed E-state index contributed by atoms with van der Waals surface area (Å²) in [6, 6.07) is 0. The van der Waals surface area contributed by atoms with Gasteiger partial charge >= 0.3 is 0 Å². The van der Waals surface area contributed by atoms with Crippen molar-refractivity contribution in [3.63, 3.8) is 0 Å². The lowest BCUT2D eigenvalue weighted by molar-refractivity contribution is 0.602. The standard InChI is InChI=1S/C12H17Cl/c1-5-9(7-10(13)6-2)11-8-12(11,3)4/h5-7,11H,1,8H2,2-4H3/b9-7+,10-6+/t11-/m0/s1. The SMILES string of the molecule is C=C/C(=C\C(Cl)=C/C)[C@@H]1CC1(C)C. The van der Waals surface area contributed by atoms with Crippen molar-refractivity contribution in [3.8, 4) is 0 Å². The number of hydrogen-bond acceptors (Lipinski definition) is 0. The molecule has 0 nitrogen and oxygen atoms in total. The molecule has 0 bridgehead atoms. The van der Waals surface area contributed by atoms with Crippen LogP contribution in [0.2, 0.25) is 0 Å². The summed E-state index contributed by atoms with van der Waals surface area (Å²) in [5, 5.41) is 0.803. The summed E-state index contributed by atoms with van der Waals surface area (Å²) < 4.78 is 0. The Kier molecular flexibility index (Phi) is 3.02. The normalized spacial score (nSPS) is 27.2. The van der Waals surface area contributed by atoms with E-state index in [2.05, 4.69) is 20.4 Å². The Balaban J connectivity index is 2.76. The van der Waals surface area contributed by atoms with Crippen molar-refractivity contribution in [1.29, 1.82) is 0 Å². The van der Waals surface area contributed by atoms with Gasteiger partial charge in [0.25, 0.3) is 0 Å². The maximum absolute atomic E-state index is 5.94. The molecule has 72 valence electrons. The fourth-order valence-electron chi connectivity index (χ4n) is 1.58. The van der Waals surface area contributed by atoms with E-state index in [0.717, 1.165) is 5.03 Å². The van der Waals surface area contributed by atoms with E-state index in [0.29, 0.717) is 11.3 Å². The molecule has 0 saturated heterocycles. The molecule has 0 unspecified atom stereocenters. The Morgan fingerprint density at radius 1 is 1.54 bits per heavy atom. The maximum atomic E-state index is 5.94. The molecule has 1 saturated carbocycles. The zero-order valence-electron chi connectivity index (χ0n) is 8.60. The van der Waals surface area contributed by atoms with Gasteiger partial charge < -0.3 is 0 Å². The van der Waals surface area contributed by atoms with Gasteiger partial charge in [0.15, 0.2) is 0 Å². The molecule has 1 rings (SSSR count). The second kappa shape index (κ2) is 3.71. The molecule has 0 aliphatic heterocycles. The molecule has 0 N–H and O–H groups in total. The largest absolute Gasteiger partial charge is 0.0988 e. The zero-order valence-corrected chi connectivity index (χ0v) is 9.36. The van der Waals surface area contributed by atoms with Crippen LogP contribution < -0.4 is 0 Å². The molecular weight excluding hydrogens is 180 g/mol. The van der Waals surface area contributed by atoms with E-state index >= 15 is 0 Å². The molecule has 0 aromatic heterocycles. The summed E-state index contributed by atoms with van der Waals surface area (Å²) in [5.74, 6) is 0.652. The van der Waals surface area contributed by atoms with E-state index < -0.39 is 0 Å². The summed E-state index contributed by atoms with van der Waals surface area (Å²) in [7, 11) is 0. The highest BCUT2D eigenvalue weighted by molar-refractivity contribution is 6.31. The Hall–Kier alpha value is -0.490. The Morgan fingerprint density at radius 3 is 2.38 bits per heavy atom. The van der Waals surface area contributed by atoms with Gasteiger partial charge in [-0.3, -0.25) is 0 Å². The lowest BCUT2D eigenvalue weighted by atomic mass is 10.0. The van der Waals surface area contributed by atoms with Crippen molar-refractivity contribution in [2.24, 2.45) is 11.3 Å². The fraction of sp³-hybridized carbons (Fsp3) is 0.500. The van der Waals surface area contributed by atoms with Gasteiger partial charge in [-0.2, -0.15) is 0 Å². The van der Waals surface area contributed by atoms with Crippen molar-refractivity contribution in [2.75, 3.05) is 0 Å². The third-order valence-corrected chi connectivity index (χ3v) is 3.06. The summed E-state index contributed by atoms with van der Waals surface area (Å²) in [4.78, 5) is 0. The van der Waals surface area contributed by atoms with Crippen LogP contribution in [-0.2, 0) is 0 Å². The Labute approximate surface area is 86.0 Å². The summed E-state index contributed by atoms with van der Waals surface area (Å²) in [6.07, 6.45) is 7.10. The molecule has 0 spiro atoms. The van der Waals surface area contributed by atoms with Gasteiger partial charge in [0, 0.05) is 5.03 Å². The third-order valence-electron chi connectivity index (χ3n) is 2.73. The van der Waals surface area contributed by atoms with Gasteiger partial charge in [-0.05, 0) is 36.3 Å². The monoisotopic (exact) mass is 196 g/mol. The van der Waals surface area contributed by atoms with Crippen LogP contribution in [0.3, 0.4) is 0 Å². The molecule has 1 heteroatoms. The number of allylic oxidation sites excluding steroid dienone is 5. The van der Waals surface area contributed by atoms with E-state index in [1.165, 1.54) is 12.0 Å². The van der Waals surface area contributed by atoms with Crippen LogP contribution in [0.5, 0.6) is 0 Å². The fourth-order valence-corrected chi connectivity index (χ4v) is 1.71. The number of rotatable bonds is 3. The van der Waals surface area contributed by atoms with E-state index in [4.69, 9.17) is 11.6 Å². The number of halogens is 1. The predicted octanol–water partition coefficient (Wildman–Crippen LogP) is 4.29. The first kappa shape index (κ1) is 10.6. The molecule has 1 fully saturated rings. The Morgan fingerprint density at radius 2 is 2.08 bits per heavy atom. The van der Waals surface area contributed by atoms with Crippen LogP contribution in [-0.4, -0.2) is 0 Å². The van der Waals surface area contributed by atoms with Crippen LogP contribution >= 0.6 is 11.6 Å². The average molecular weight is 197 g/mol. The van der Waals surface area contributed by atoms with Gasteiger partial charge in [0.1, 0.15) is 0 Å². The van der Waals surface area contributed by atoms with Crippen LogP contribution in [0.25, 0.3) is 0 Å². The minimum absolute atomic E-state index is 0.449. The van der Waals surface area contributed by atoms with Gasteiger partial charge in [-0.15, -0.1) is 0 Å². The first-order valence-electron chi connectivity index (χ1n) is 4.67. The van der Waals surface area contributed by atoms with Gasteiger partial charge in [0.2, 0.25) is 0 Å². The first-order valence-corrected chi connectivity index (χ1v) is 5.05. The first-order chi connectivity index (χ1) is 6.01. The third kappa shape index (κ3) is 2.47. The van der Waals surface area contributed by atoms with Crippen LogP contribution in [0.1, 0.15) is 27.2 Å². The van der Waals surface area contributed by atoms with Gasteiger partial charge in [0.05, 0.1) is 0 Å². The highest BCUT2D eigenvalue weighted by Crippen LogP contribution is 2.56. The van der Waals surface area contributed by atoms with Crippen molar-refractivity contribution in [2.45, 2.75) is 27.2 Å². The molecule has 0 radical (unpaired) electrons. The summed E-state index contributed by atoms with van der Waals surface area (Å²) in [6.45, 7) is 10.3. The average Bonchev–Trinajstić information content (AvgIpc) is 2.70. The van der Waals surface area contributed by atoms with Crippen molar-refractivity contribution >= 4 is 11.6 Å². The van der Waals surface area contributed by atoms with E-state index in [-0.39, 0.29) is 0 Å². The van der Waals surface area contributed by atoms with Crippen molar-refractivity contribution < 1.29 is 0 Å². The highest BCUT2D eigenvalue weighted by Gasteiger charge is 2.46. The second-order valence-corrected chi connectivity index (χ2v) is 4.70. The summed E-state index contributed by atoms with van der Waals surface area (Å²) in [5.41, 5.74) is 1.72. The molecule has 1 atom stereocenters. The van der Waals surface area contributed by atoms with E-state index in [9.17, 15) is 0 Å². The maximum Gasteiger partial charge on any atom is 0.0366 e. The smallest absolute Gasteiger partial charge is 0.0366 e. The van der Waals surface area contributed by atoms with Crippen molar-refractivity contribution in [1.82, 2.24) is 0 Å². The minimum Gasteiger partial charge on any atom is -0.0988 e. The molecule has 0 amide bonds. The van der Waals surface area contributed by atoms with Crippen LogP contribution in [0.4, 0.5) is 0 Å². The quantitative estimate of drug-likeness (QED) is 0.591.